The third-order valence-electron chi connectivity index (χ3n) is 9.72. The molecule has 0 amide bonds. The van der Waals surface area contributed by atoms with Gasteiger partial charge in [-0.3, -0.25) is 14.8 Å². The number of benzene rings is 4. The molecule has 0 bridgehead atoms. The molecular formula is C44H43ClN4O6. The summed E-state index contributed by atoms with van der Waals surface area (Å²) in [5, 5.41) is 32.2. The van der Waals surface area contributed by atoms with Gasteiger partial charge in [0.05, 0.1) is 42.3 Å². The van der Waals surface area contributed by atoms with Gasteiger partial charge >= 0.3 is 5.97 Å². The number of rotatable bonds is 16. The second kappa shape index (κ2) is 18.0. The molecule has 2 heterocycles. The summed E-state index contributed by atoms with van der Waals surface area (Å²) in [5.41, 5.74) is 10.5. The number of aryl methyl sites for hydroxylation is 1. The van der Waals surface area contributed by atoms with Crippen molar-refractivity contribution in [3.05, 3.63) is 129 Å². The van der Waals surface area contributed by atoms with E-state index in [4.69, 9.17) is 30.9 Å². The van der Waals surface area contributed by atoms with Gasteiger partial charge in [-0.2, -0.15) is 5.26 Å². The van der Waals surface area contributed by atoms with Crippen molar-refractivity contribution in [2.75, 3.05) is 20.2 Å². The largest absolute Gasteiger partial charge is 0.496 e. The predicted octanol–water partition coefficient (Wildman–Crippen LogP) is 8.23. The number of ether oxygens (including phenoxy) is 3. The molecule has 4 aromatic carbocycles. The maximum atomic E-state index is 11.0. The van der Waals surface area contributed by atoms with Crippen LogP contribution in [0.1, 0.15) is 58.2 Å². The first-order chi connectivity index (χ1) is 26.6. The Labute approximate surface area is 326 Å². The number of aliphatic imine (C=N–C) groups is 1. The highest BCUT2D eigenvalue weighted by atomic mass is 35.5. The highest BCUT2D eigenvalue weighted by Gasteiger charge is 2.18. The average Bonchev–Trinajstić information content (AvgIpc) is 3.72. The maximum Gasteiger partial charge on any atom is 0.305 e. The zero-order chi connectivity index (χ0) is 38.9. The molecule has 0 aliphatic carbocycles. The Balaban J connectivity index is 1.23. The van der Waals surface area contributed by atoms with Crippen molar-refractivity contribution >= 4 is 23.4 Å². The zero-order valence-electron chi connectivity index (χ0n) is 31.1. The lowest BCUT2D eigenvalue weighted by Crippen LogP contribution is -2.20. The third-order valence-corrected chi connectivity index (χ3v) is 10.0. The minimum atomic E-state index is -1.05. The molecule has 5 aromatic rings. The average molecular weight is 759 g/mol. The number of nitrogens with zero attached hydrogens (tertiary/aromatic N) is 3. The minimum absolute atomic E-state index is 0.154. The molecule has 1 atom stereocenters. The second-order valence-electron chi connectivity index (χ2n) is 13.4. The van der Waals surface area contributed by atoms with Gasteiger partial charge in [0.2, 0.25) is 0 Å². The predicted molar refractivity (Wildman–Crippen MR) is 213 cm³/mol. The summed E-state index contributed by atoms with van der Waals surface area (Å²) >= 11 is 6.79. The van der Waals surface area contributed by atoms with E-state index in [1.165, 1.54) is 6.20 Å². The number of aliphatic hydroxyl groups excluding tert-OH is 1. The molecule has 0 saturated carbocycles. The number of nitriles is 1. The molecule has 55 heavy (non-hydrogen) atoms. The van der Waals surface area contributed by atoms with Crippen LogP contribution in [-0.2, 0) is 24.4 Å². The Morgan fingerprint density at radius 1 is 0.909 bits per heavy atom. The number of pyridine rings is 1. The summed E-state index contributed by atoms with van der Waals surface area (Å²) in [6.07, 6.45) is 3.18. The second-order valence-corrected chi connectivity index (χ2v) is 13.9. The number of carboxylic acid groups (broad SMARTS) is 1. The highest BCUT2D eigenvalue weighted by Crippen LogP contribution is 2.38. The molecule has 282 valence electrons. The summed E-state index contributed by atoms with van der Waals surface area (Å²) in [6.45, 7) is 6.21. The smallest absolute Gasteiger partial charge is 0.305 e. The molecule has 11 heteroatoms. The minimum Gasteiger partial charge on any atom is -0.496 e. The van der Waals surface area contributed by atoms with Crippen LogP contribution in [0, 0.1) is 25.2 Å². The first-order valence-electron chi connectivity index (χ1n) is 18.1. The van der Waals surface area contributed by atoms with Crippen molar-refractivity contribution in [2.45, 2.75) is 58.8 Å². The van der Waals surface area contributed by atoms with Gasteiger partial charge in [-0.25, -0.2) is 0 Å². The molecule has 0 unspecified atom stereocenters. The van der Waals surface area contributed by atoms with Crippen molar-refractivity contribution < 1.29 is 29.2 Å². The molecule has 3 N–H and O–H groups in total. The van der Waals surface area contributed by atoms with Gasteiger partial charge in [0.25, 0.3) is 0 Å². The van der Waals surface area contributed by atoms with E-state index in [0.717, 1.165) is 80.3 Å². The molecular weight excluding hydrogens is 716 g/mol. The van der Waals surface area contributed by atoms with Crippen LogP contribution in [0.2, 0.25) is 5.02 Å². The molecule has 6 rings (SSSR count). The van der Waals surface area contributed by atoms with E-state index in [1.54, 1.807) is 31.5 Å². The van der Waals surface area contributed by atoms with Crippen molar-refractivity contribution in [1.82, 2.24) is 10.3 Å². The van der Waals surface area contributed by atoms with E-state index in [0.29, 0.717) is 41.3 Å². The van der Waals surface area contributed by atoms with Gasteiger partial charge in [0.15, 0.2) is 0 Å². The Hall–Kier alpha value is -5.89. The molecule has 10 nitrogen and oxygen atoms in total. The molecule has 0 saturated heterocycles. The van der Waals surface area contributed by atoms with Crippen molar-refractivity contribution in [3.63, 3.8) is 0 Å². The van der Waals surface area contributed by atoms with Gasteiger partial charge in [-0.05, 0) is 102 Å². The van der Waals surface area contributed by atoms with Crippen LogP contribution in [0.15, 0.2) is 90.2 Å². The molecule has 1 aromatic heterocycles. The SMILES string of the molecule is COc1cc(-c2cccc(-c3cccc(COc4cc(OCc5cncc(C#N)c5)c(CCC[C@@H](O)CC(=O)O)cc4Cl)c3C)c2C)ccc1C1=NCCN1. The van der Waals surface area contributed by atoms with E-state index in [2.05, 4.69) is 77.7 Å². The van der Waals surface area contributed by atoms with Gasteiger partial charge in [0, 0.05) is 30.6 Å². The van der Waals surface area contributed by atoms with E-state index < -0.39 is 12.1 Å². The number of aliphatic carboxylic acids is 1. The fourth-order valence-electron chi connectivity index (χ4n) is 6.80. The molecule has 1 aliphatic heterocycles. The van der Waals surface area contributed by atoms with Crippen LogP contribution in [0.5, 0.6) is 17.2 Å². The van der Waals surface area contributed by atoms with E-state index in [1.807, 2.05) is 12.1 Å². The monoisotopic (exact) mass is 758 g/mol. The van der Waals surface area contributed by atoms with Crippen LogP contribution < -0.4 is 19.5 Å². The quantitative estimate of drug-likeness (QED) is 0.0906. The number of carbonyl (C=O) groups is 1. The normalized spacial score (nSPS) is 12.7. The number of nitrogens with one attached hydrogen (secondary N) is 1. The van der Waals surface area contributed by atoms with Crippen LogP contribution in [0.4, 0.5) is 0 Å². The van der Waals surface area contributed by atoms with Crippen molar-refractivity contribution in [2.24, 2.45) is 4.99 Å². The first-order valence-corrected chi connectivity index (χ1v) is 18.5. The standard InChI is InChI=1S/C44H43ClN4O6/c1-27-33(8-5-11-36(27)37-12-6-10-35(28(37)2)31-13-14-38(41(19-31)53-3)44-48-15-16-49-44)26-55-42-21-40(54-25-30-17-29(22-46)23-47-24-30)32(18-39(42)45)7-4-9-34(50)20-43(51)52/h5-6,8,10-14,17-19,21,23-24,34,50H,4,7,9,15-16,20,25-26H2,1-3H3,(H,48,49)(H,51,52)/t34-/m1/s1. The lowest BCUT2D eigenvalue weighted by Gasteiger charge is -2.18. The summed E-state index contributed by atoms with van der Waals surface area (Å²) in [7, 11) is 1.68. The Bertz CT molecular complexity index is 2270. The molecule has 0 fully saturated rings. The van der Waals surface area contributed by atoms with Crippen molar-refractivity contribution in [3.8, 4) is 45.6 Å². The fourth-order valence-corrected chi connectivity index (χ4v) is 7.04. The topological polar surface area (TPSA) is 146 Å². The number of hydrogen-bond acceptors (Lipinski definition) is 9. The van der Waals surface area contributed by atoms with Crippen molar-refractivity contribution in [1.29, 1.82) is 5.26 Å². The third kappa shape index (κ3) is 9.44. The fraction of sp³-hybridized carbons (Fsp3) is 0.273. The maximum absolute atomic E-state index is 11.0. The summed E-state index contributed by atoms with van der Waals surface area (Å²) in [6, 6.07) is 26.1. The number of methoxy groups -OCH3 is 1. The molecule has 0 radical (unpaired) electrons. The zero-order valence-corrected chi connectivity index (χ0v) is 31.8. The molecule has 1 aliphatic rings. The highest BCUT2D eigenvalue weighted by molar-refractivity contribution is 6.32. The molecule has 0 spiro atoms. The van der Waals surface area contributed by atoms with E-state index >= 15 is 0 Å². The number of amidine groups is 1. The number of hydrogen-bond donors (Lipinski definition) is 3. The number of aromatic nitrogens is 1. The summed E-state index contributed by atoms with van der Waals surface area (Å²) in [4.78, 5) is 19.7. The van der Waals surface area contributed by atoms with Crippen LogP contribution >= 0.6 is 11.6 Å². The first kappa shape index (κ1) is 38.8. The summed E-state index contributed by atoms with van der Waals surface area (Å²) in [5.74, 6) is 1.55. The number of aliphatic hydroxyl groups is 1. The van der Waals surface area contributed by atoms with Crippen LogP contribution in [-0.4, -0.2) is 53.3 Å². The van der Waals surface area contributed by atoms with E-state index in [9.17, 15) is 15.2 Å². The van der Waals surface area contributed by atoms with E-state index in [-0.39, 0.29) is 19.6 Å². The Morgan fingerprint density at radius 2 is 1.67 bits per heavy atom. The number of carboxylic acids is 1. The number of halogens is 1. The van der Waals surface area contributed by atoms with Crippen LogP contribution in [0.25, 0.3) is 22.3 Å². The Morgan fingerprint density at radius 3 is 2.42 bits per heavy atom. The van der Waals surface area contributed by atoms with Gasteiger partial charge in [-0.1, -0.05) is 54.1 Å². The lowest BCUT2D eigenvalue weighted by atomic mass is 9.89. The van der Waals surface area contributed by atoms with Gasteiger partial charge in [-0.15, -0.1) is 0 Å². The summed E-state index contributed by atoms with van der Waals surface area (Å²) < 4.78 is 18.4. The van der Waals surface area contributed by atoms with Gasteiger partial charge in [0.1, 0.15) is 42.4 Å². The lowest BCUT2D eigenvalue weighted by molar-refractivity contribution is -0.139. The van der Waals surface area contributed by atoms with Crippen LogP contribution in [0.3, 0.4) is 0 Å². The Kier molecular flexibility index (Phi) is 12.7. The van der Waals surface area contributed by atoms with Gasteiger partial charge < -0.3 is 29.7 Å².